The van der Waals surface area contributed by atoms with Gasteiger partial charge in [-0.3, -0.25) is 0 Å². The molecule has 2 heteroatoms. The molecule has 0 unspecified atom stereocenters. The van der Waals surface area contributed by atoms with E-state index in [1.807, 2.05) is 12.1 Å². The minimum absolute atomic E-state index is 0.456. The van der Waals surface area contributed by atoms with Gasteiger partial charge in [0.2, 0.25) is 0 Å². The van der Waals surface area contributed by atoms with Crippen LogP contribution in [-0.2, 0) is 11.3 Å². The topological polar surface area (TPSA) is 21.3 Å². The minimum atomic E-state index is 0.456. The van der Waals surface area contributed by atoms with E-state index < -0.39 is 0 Å². The zero-order chi connectivity index (χ0) is 9.68. The molecule has 0 saturated carbocycles. The maximum absolute atomic E-state index is 5.11. The maximum atomic E-state index is 5.11. The number of rotatable bonds is 4. The number of para-hydroxylation sites is 1. The number of anilines is 1. The fraction of sp³-hybridized carbons (Fsp3) is 0.455. The van der Waals surface area contributed by atoms with Crippen LogP contribution in [0.4, 0.5) is 5.69 Å². The predicted molar refractivity (Wildman–Crippen MR) is 55.9 cm³/mol. The summed E-state index contributed by atoms with van der Waals surface area (Å²) in [7, 11) is 1.71. The fourth-order valence-corrected chi connectivity index (χ4v) is 1.25. The molecule has 0 radical (unpaired) electrons. The Morgan fingerprint density at radius 3 is 2.62 bits per heavy atom. The first-order chi connectivity index (χ1) is 6.24. The van der Waals surface area contributed by atoms with Gasteiger partial charge in [-0.05, 0) is 19.9 Å². The summed E-state index contributed by atoms with van der Waals surface area (Å²) in [5.41, 5.74) is 2.37. The normalized spacial score (nSPS) is 10.5. The number of nitrogens with one attached hydrogen (secondary N) is 1. The molecule has 0 amide bonds. The first kappa shape index (κ1) is 10.1. The van der Waals surface area contributed by atoms with Gasteiger partial charge in [0.15, 0.2) is 0 Å². The van der Waals surface area contributed by atoms with E-state index >= 15 is 0 Å². The highest BCUT2D eigenvalue weighted by molar-refractivity contribution is 5.51. The van der Waals surface area contributed by atoms with Crippen LogP contribution >= 0.6 is 0 Å². The van der Waals surface area contributed by atoms with Crippen molar-refractivity contribution in [2.45, 2.75) is 26.5 Å². The van der Waals surface area contributed by atoms with Crippen LogP contribution in [0.3, 0.4) is 0 Å². The van der Waals surface area contributed by atoms with Gasteiger partial charge in [0.1, 0.15) is 0 Å². The van der Waals surface area contributed by atoms with Crippen LogP contribution in [0, 0.1) is 0 Å². The third-order valence-electron chi connectivity index (χ3n) is 1.76. The van der Waals surface area contributed by atoms with Crippen LogP contribution in [0.1, 0.15) is 19.4 Å². The van der Waals surface area contributed by atoms with Crippen LogP contribution in [0.2, 0.25) is 0 Å². The molecule has 0 fully saturated rings. The van der Waals surface area contributed by atoms with Crippen LogP contribution in [0.15, 0.2) is 24.3 Å². The molecule has 0 aliphatic rings. The lowest BCUT2D eigenvalue weighted by molar-refractivity contribution is 0.185. The lowest BCUT2D eigenvalue weighted by atomic mass is 10.2. The van der Waals surface area contributed by atoms with E-state index in [9.17, 15) is 0 Å². The molecule has 0 atom stereocenters. The Morgan fingerprint density at radius 2 is 2.00 bits per heavy atom. The van der Waals surface area contributed by atoms with Crippen molar-refractivity contribution < 1.29 is 4.74 Å². The number of ether oxygens (including phenoxy) is 1. The first-order valence-corrected chi connectivity index (χ1v) is 4.57. The van der Waals surface area contributed by atoms with E-state index in [2.05, 4.69) is 31.3 Å². The second-order valence-electron chi connectivity index (χ2n) is 3.39. The van der Waals surface area contributed by atoms with Crippen molar-refractivity contribution >= 4 is 5.69 Å². The van der Waals surface area contributed by atoms with Gasteiger partial charge in [0.05, 0.1) is 6.61 Å². The van der Waals surface area contributed by atoms with Crippen molar-refractivity contribution in [3.05, 3.63) is 29.8 Å². The highest BCUT2D eigenvalue weighted by Crippen LogP contribution is 2.16. The summed E-state index contributed by atoms with van der Waals surface area (Å²) in [6.07, 6.45) is 0. The molecular weight excluding hydrogens is 162 g/mol. The number of hydrogen-bond acceptors (Lipinski definition) is 2. The van der Waals surface area contributed by atoms with Crippen molar-refractivity contribution in [3.8, 4) is 0 Å². The first-order valence-electron chi connectivity index (χ1n) is 4.57. The molecule has 0 bridgehead atoms. The van der Waals surface area contributed by atoms with Crippen molar-refractivity contribution in [2.24, 2.45) is 0 Å². The molecule has 0 spiro atoms. The zero-order valence-corrected chi connectivity index (χ0v) is 8.50. The third kappa shape index (κ3) is 3.07. The number of methoxy groups -OCH3 is 1. The lowest BCUT2D eigenvalue weighted by Gasteiger charge is -2.13. The summed E-state index contributed by atoms with van der Waals surface area (Å²) in [5, 5.41) is 3.38. The van der Waals surface area contributed by atoms with Gasteiger partial charge in [-0.25, -0.2) is 0 Å². The molecule has 1 N–H and O–H groups in total. The third-order valence-corrected chi connectivity index (χ3v) is 1.76. The molecule has 1 aromatic rings. The van der Waals surface area contributed by atoms with Gasteiger partial charge < -0.3 is 10.1 Å². The quantitative estimate of drug-likeness (QED) is 0.767. The second kappa shape index (κ2) is 4.87. The highest BCUT2D eigenvalue weighted by atomic mass is 16.5. The molecule has 0 aliphatic heterocycles. The highest BCUT2D eigenvalue weighted by Gasteiger charge is 2.01. The van der Waals surface area contributed by atoms with Crippen molar-refractivity contribution in [1.29, 1.82) is 0 Å². The Kier molecular flexibility index (Phi) is 3.77. The summed E-state index contributed by atoms with van der Waals surface area (Å²) < 4.78 is 5.11. The Balaban J connectivity index is 2.78. The fourth-order valence-electron chi connectivity index (χ4n) is 1.25. The molecule has 0 aromatic heterocycles. The van der Waals surface area contributed by atoms with Crippen molar-refractivity contribution in [2.75, 3.05) is 12.4 Å². The minimum Gasteiger partial charge on any atom is -0.383 e. The molecule has 0 saturated heterocycles. The van der Waals surface area contributed by atoms with Gasteiger partial charge in [0.25, 0.3) is 0 Å². The van der Waals surface area contributed by atoms with E-state index in [1.54, 1.807) is 7.11 Å². The molecule has 72 valence electrons. The SMILES string of the molecule is COCc1ccccc1NC(C)C. The molecule has 0 heterocycles. The maximum Gasteiger partial charge on any atom is 0.0733 e. The zero-order valence-electron chi connectivity index (χ0n) is 8.50. The smallest absolute Gasteiger partial charge is 0.0733 e. The molecule has 1 rings (SSSR count). The lowest BCUT2D eigenvalue weighted by Crippen LogP contribution is -2.11. The molecule has 1 aromatic carbocycles. The van der Waals surface area contributed by atoms with Crippen LogP contribution in [0.5, 0.6) is 0 Å². The monoisotopic (exact) mass is 179 g/mol. The van der Waals surface area contributed by atoms with Gasteiger partial charge in [-0.1, -0.05) is 18.2 Å². The Labute approximate surface area is 79.9 Å². The average molecular weight is 179 g/mol. The summed E-state index contributed by atoms with van der Waals surface area (Å²) in [5.74, 6) is 0. The largest absolute Gasteiger partial charge is 0.383 e. The van der Waals surface area contributed by atoms with E-state index in [-0.39, 0.29) is 0 Å². The summed E-state index contributed by atoms with van der Waals surface area (Å²) in [4.78, 5) is 0. The molecule has 0 aliphatic carbocycles. The molecular formula is C11H17NO. The van der Waals surface area contributed by atoms with E-state index in [0.29, 0.717) is 12.6 Å². The summed E-state index contributed by atoms with van der Waals surface area (Å²) in [6.45, 7) is 4.92. The van der Waals surface area contributed by atoms with Gasteiger partial charge in [-0.15, -0.1) is 0 Å². The van der Waals surface area contributed by atoms with Crippen LogP contribution in [0.25, 0.3) is 0 Å². The van der Waals surface area contributed by atoms with E-state index in [4.69, 9.17) is 4.74 Å². The number of hydrogen-bond donors (Lipinski definition) is 1. The van der Waals surface area contributed by atoms with Gasteiger partial charge in [-0.2, -0.15) is 0 Å². The Morgan fingerprint density at radius 1 is 1.31 bits per heavy atom. The summed E-state index contributed by atoms with van der Waals surface area (Å²) in [6, 6.07) is 8.67. The van der Waals surface area contributed by atoms with E-state index in [1.165, 1.54) is 11.3 Å². The van der Waals surface area contributed by atoms with Crippen molar-refractivity contribution in [3.63, 3.8) is 0 Å². The average Bonchev–Trinajstić information content (AvgIpc) is 2.08. The Bertz CT molecular complexity index is 258. The van der Waals surface area contributed by atoms with Crippen LogP contribution in [-0.4, -0.2) is 13.2 Å². The van der Waals surface area contributed by atoms with Gasteiger partial charge in [0, 0.05) is 24.4 Å². The summed E-state index contributed by atoms with van der Waals surface area (Å²) >= 11 is 0. The van der Waals surface area contributed by atoms with E-state index in [0.717, 1.165) is 0 Å². The van der Waals surface area contributed by atoms with Crippen LogP contribution < -0.4 is 5.32 Å². The second-order valence-corrected chi connectivity index (χ2v) is 3.39. The molecule has 13 heavy (non-hydrogen) atoms. The molecule has 2 nitrogen and oxygen atoms in total. The van der Waals surface area contributed by atoms with Gasteiger partial charge >= 0.3 is 0 Å². The standard InChI is InChI=1S/C11H17NO/c1-9(2)12-11-7-5-4-6-10(11)8-13-3/h4-7,9,12H,8H2,1-3H3. The van der Waals surface area contributed by atoms with Crippen molar-refractivity contribution in [1.82, 2.24) is 0 Å². The predicted octanol–water partition coefficient (Wildman–Crippen LogP) is 2.65. The number of benzene rings is 1. The Hall–Kier alpha value is -1.02.